The number of carboxylic acids is 1. The molecule has 0 heterocycles. The average Bonchev–Trinajstić information content (AvgIpc) is 2.59. The van der Waals surface area contributed by atoms with Gasteiger partial charge in [-0.2, -0.15) is 0 Å². The van der Waals surface area contributed by atoms with Gasteiger partial charge in [-0.15, -0.1) is 0 Å². The van der Waals surface area contributed by atoms with Crippen molar-refractivity contribution in [3.63, 3.8) is 0 Å². The van der Waals surface area contributed by atoms with Crippen LogP contribution in [0.4, 0.5) is 10.1 Å². The summed E-state index contributed by atoms with van der Waals surface area (Å²) in [7, 11) is -1.59. The van der Waals surface area contributed by atoms with Gasteiger partial charge in [-0.05, 0) is 35.9 Å². The third kappa shape index (κ3) is 3.97. The first-order valence-corrected chi connectivity index (χ1v) is 8.54. The van der Waals surface area contributed by atoms with E-state index in [9.17, 15) is 17.6 Å². The maximum Gasteiger partial charge on any atom is 0.328 e. The lowest BCUT2D eigenvalue weighted by Crippen LogP contribution is -2.27. The van der Waals surface area contributed by atoms with Crippen molar-refractivity contribution in [2.45, 2.75) is 4.90 Å². The zero-order valence-corrected chi connectivity index (χ0v) is 14.3. The summed E-state index contributed by atoms with van der Waals surface area (Å²) in [5.74, 6) is -1.78. The van der Waals surface area contributed by atoms with Crippen molar-refractivity contribution >= 4 is 27.8 Å². The third-order valence-electron chi connectivity index (χ3n) is 3.44. The number of sulfonamides is 1. The van der Waals surface area contributed by atoms with E-state index in [0.717, 1.165) is 16.4 Å². The molecule has 0 radical (unpaired) electrons. The second kappa shape index (κ2) is 7.35. The van der Waals surface area contributed by atoms with Crippen molar-refractivity contribution in [2.75, 3.05) is 18.5 Å². The van der Waals surface area contributed by atoms with Crippen LogP contribution >= 0.6 is 0 Å². The number of halogens is 1. The van der Waals surface area contributed by atoms with E-state index >= 15 is 0 Å². The molecule has 0 saturated heterocycles. The molecule has 0 amide bonds. The van der Waals surface area contributed by atoms with Gasteiger partial charge in [0.05, 0.1) is 12.8 Å². The largest absolute Gasteiger partial charge is 0.495 e. The highest BCUT2D eigenvalue weighted by Gasteiger charge is 2.27. The standard InChI is InChI=1S/C17H16FNO5S/c1-19(14-6-4-3-5-13(14)18)25(22,23)16-11-12(8-10-17(20)21)7-9-15(16)24-2/h3-11H,1-2H3,(H,20,21). The van der Waals surface area contributed by atoms with Crippen LogP contribution in [0, 0.1) is 5.82 Å². The number of hydrogen-bond acceptors (Lipinski definition) is 4. The Labute approximate surface area is 144 Å². The highest BCUT2D eigenvalue weighted by molar-refractivity contribution is 7.92. The number of para-hydroxylation sites is 1. The SMILES string of the molecule is COc1ccc(C=CC(=O)O)cc1S(=O)(=O)N(C)c1ccccc1F. The van der Waals surface area contributed by atoms with Crippen LogP contribution < -0.4 is 9.04 Å². The smallest absolute Gasteiger partial charge is 0.328 e. The summed E-state index contributed by atoms with van der Waals surface area (Å²) in [6.07, 6.45) is 2.14. The second-order valence-corrected chi connectivity index (χ2v) is 6.94. The van der Waals surface area contributed by atoms with E-state index in [1.807, 2.05) is 0 Å². The van der Waals surface area contributed by atoms with Crippen molar-refractivity contribution < 1.29 is 27.4 Å². The first-order chi connectivity index (χ1) is 11.8. The number of nitrogens with zero attached hydrogens (tertiary/aromatic N) is 1. The molecule has 0 aliphatic rings. The molecule has 6 nitrogen and oxygen atoms in total. The minimum absolute atomic E-state index is 0.0654. The molecule has 0 fully saturated rings. The van der Waals surface area contributed by atoms with Crippen LogP contribution in [0.1, 0.15) is 5.56 Å². The van der Waals surface area contributed by atoms with Gasteiger partial charge in [-0.1, -0.05) is 18.2 Å². The van der Waals surface area contributed by atoms with Crippen LogP contribution in [0.5, 0.6) is 5.75 Å². The van der Waals surface area contributed by atoms with Crippen LogP contribution in [0.25, 0.3) is 6.08 Å². The minimum atomic E-state index is -4.13. The zero-order chi connectivity index (χ0) is 18.6. The van der Waals surface area contributed by atoms with Crippen molar-refractivity contribution in [1.29, 1.82) is 0 Å². The Bertz CT molecular complexity index is 924. The molecule has 0 atom stereocenters. The third-order valence-corrected chi connectivity index (χ3v) is 5.23. The molecule has 2 aromatic carbocycles. The minimum Gasteiger partial charge on any atom is -0.495 e. The zero-order valence-electron chi connectivity index (χ0n) is 13.5. The number of ether oxygens (including phenoxy) is 1. The monoisotopic (exact) mass is 365 g/mol. The van der Waals surface area contributed by atoms with E-state index in [1.165, 1.54) is 56.6 Å². The maximum atomic E-state index is 13.9. The van der Waals surface area contributed by atoms with Gasteiger partial charge in [-0.25, -0.2) is 17.6 Å². The highest BCUT2D eigenvalue weighted by atomic mass is 32.2. The normalized spacial score (nSPS) is 11.5. The topological polar surface area (TPSA) is 83.9 Å². The van der Waals surface area contributed by atoms with Gasteiger partial charge in [0.1, 0.15) is 16.5 Å². The summed E-state index contributed by atoms with van der Waals surface area (Å²) >= 11 is 0. The molecule has 0 aromatic heterocycles. The summed E-state index contributed by atoms with van der Waals surface area (Å²) in [5, 5.41) is 8.69. The summed E-state index contributed by atoms with van der Waals surface area (Å²) in [6.45, 7) is 0. The van der Waals surface area contributed by atoms with Gasteiger partial charge in [0.25, 0.3) is 10.0 Å². The Balaban J connectivity index is 2.55. The molecule has 0 aliphatic carbocycles. The number of rotatable bonds is 6. The van der Waals surface area contributed by atoms with Gasteiger partial charge in [0.2, 0.25) is 0 Å². The quantitative estimate of drug-likeness (QED) is 0.796. The fourth-order valence-corrected chi connectivity index (χ4v) is 3.54. The van der Waals surface area contributed by atoms with Gasteiger partial charge >= 0.3 is 5.97 Å². The molecule has 132 valence electrons. The number of benzene rings is 2. The number of methoxy groups -OCH3 is 1. The first-order valence-electron chi connectivity index (χ1n) is 7.10. The van der Waals surface area contributed by atoms with Crippen molar-refractivity contribution in [1.82, 2.24) is 0 Å². The molecule has 0 spiro atoms. The lowest BCUT2D eigenvalue weighted by Gasteiger charge is -2.21. The van der Waals surface area contributed by atoms with E-state index in [0.29, 0.717) is 5.56 Å². The van der Waals surface area contributed by atoms with Gasteiger partial charge in [0.15, 0.2) is 0 Å². The van der Waals surface area contributed by atoms with Crippen LogP contribution in [0.15, 0.2) is 53.4 Å². The number of carboxylic acid groups (broad SMARTS) is 1. The van der Waals surface area contributed by atoms with Crippen LogP contribution in [-0.2, 0) is 14.8 Å². The first kappa shape index (κ1) is 18.5. The molecular formula is C17H16FNO5S. The van der Waals surface area contributed by atoms with Crippen molar-refractivity contribution in [3.05, 3.63) is 59.9 Å². The van der Waals surface area contributed by atoms with Crippen molar-refractivity contribution in [2.24, 2.45) is 0 Å². The van der Waals surface area contributed by atoms with Crippen molar-refractivity contribution in [3.8, 4) is 5.75 Å². The lowest BCUT2D eigenvalue weighted by atomic mass is 10.2. The predicted molar refractivity (Wildman–Crippen MR) is 91.7 cm³/mol. The summed E-state index contributed by atoms with van der Waals surface area (Å²) in [5.41, 5.74) is 0.236. The molecular weight excluding hydrogens is 349 g/mol. The van der Waals surface area contributed by atoms with Crippen LogP contribution in [0.3, 0.4) is 0 Å². The Hall–Kier alpha value is -2.87. The van der Waals surface area contributed by atoms with Crippen LogP contribution in [0.2, 0.25) is 0 Å². The number of aliphatic carboxylic acids is 1. The van der Waals surface area contributed by atoms with E-state index in [2.05, 4.69) is 0 Å². The Morgan fingerprint density at radius 3 is 2.52 bits per heavy atom. The fraction of sp³-hybridized carbons (Fsp3) is 0.118. The molecule has 25 heavy (non-hydrogen) atoms. The molecule has 2 aromatic rings. The average molecular weight is 365 g/mol. The Kier molecular flexibility index (Phi) is 5.43. The van der Waals surface area contributed by atoms with Gasteiger partial charge < -0.3 is 9.84 Å². The fourth-order valence-electron chi connectivity index (χ4n) is 2.15. The molecule has 2 rings (SSSR count). The van der Waals surface area contributed by atoms with E-state index in [-0.39, 0.29) is 16.3 Å². The Morgan fingerprint density at radius 1 is 1.24 bits per heavy atom. The molecule has 0 aliphatic heterocycles. The summed E-state index contributed by atoms with van der Waals surface area (Å²) < 4.78 is 45.6. The van der Waals surface area contributed by atoms with E-state index < -0.39 is 21.8 Å². The molecule has 0 bridgehead atoms. The number of hydrogen-bond donors (Lipinski definition) is 1. The number of anilines is 1. The van der Waals surface area contributed by atoms with Crippen LogP contribution in [-0.4, -0.2) is 33.7 Å². The Morgan fingerprint density at radius 2 is 1.92 bits per heavy atom. The molecule has 8 heteroatoms. The highest BCUT2D eigenvalue weighted by Crippen LogP contribution is 2.31. The number of carbonyl (C=O) groups is 1. The summed E-state index contributed by atoms with van der Waals surface area (Å²) in [6, 6.07) is 9.66. The van der Waals surface area contributed by atoms with Gasteiger partial charge in [0, 0.05) is 13.1 Å². The van der Waals surface area contributed by atoms with Gasteiger partial charge in [-0.3, -0.25) is 4.31 Å². The summed E-state index contributed by atoms with van der Waals surface area (Å²) in [4.78, 5) is 10.4. The second-order valence-electron chi connectivity index (χ2n) is 5.01. The predicted octanol–water partition coefficient (Wildman–Crippen LogP) is 2.76. The molecule has 1 N–H and O–H groups in total. The lowest BCUT2D eigenvalue weighted by molar-refractivity contribution is -0.131. The maximum absolute atomic E-state index is 13.9. The van der Waals surface area contributed by atoms with E-state index in [1.54, 1.807) is 0 Å². The molecule has 0 unspecified atom stereocenters. The van der Waals surface area contributed by atoms with E-state index in [4.69, 9.17) is 9.84 Å². The molecule has 0 saturated carbocycles.